The number of nitrogens with zero attached hydrogens (tertiary/aromatic N) is 4. The van der Waals surface area contributed by atoms with Crippen LogP contribution in [0, 0.1) is 13.8 Å². The Balaban J connectivity index is 1.93. The maximum atomic E-state index is 9.48. The molecule has 1 aromatic carbocycles. The van der Waals surface area contributed by atoms with Crippen molar-refractivity contribution in [2.24, 2.45) is 0 Å². The summed E-state index contributed by atoms with van der Waals surface area (Å²) in [6.45, 7) is 4.12. The molecule has 0 radical (unpaired) electrons. The fraction of sp³-hybridized carbons (Fsp3) is 0.235. The van der Waals surface area contributed by atoms with Gasteiger partial charge in [0.05, 0.1) is 24.5 Å². The lowest BCUT2D eigenvalue weighted by atomic mass is 10.1. The zero-order valence-electron chi connectivity index (χ0n) is 13.1. The smallest absolute Gasteiger partial charge is 0.138 e. The molecule has 0 unspecified atom stereocenters. The second kappa shape index (κ2) is 6.58. The monoisotopic (exact) mass is 310 g/mol. The van der Waals surface area contributed by atoms with Crippen molar-refractivity contribution in [2.75, 3.05) is 0 Å². The fourth-order valence-electron chi connectivity index (χ4n) is 2.38. The van der Waals surface area contributed by atoms with Gasteiger partial charge in [0.2, 0.25) is 0 Å². The van der Waals surface area contributed by atoms with E-state index in [1.54, 1.807) is 4.68 Å². The molecule has 0 aliphatic heterocycles. The number of hydrogen-bond acceptors (Lipinski definition) is 5. The minimum Gasteiger partial charge on any atom is -0.390 e. The van der Waals surface area contributed by atoms with Crippen molar-refractivity contribution in [3.63, 3.8) is 0 Å². The summed E-state index contributed by atoms with van der Waals surface area (Å²) in [4.78, 5) is 0. The highest BCUT2D eigenvalue weighted by Gasteiger charge is 2.14. The van der Waals surface area contributed by atoms with Crippen molar-refractivity contribution in [1.82, 2.24) is 20.2 Å². The van der Waals surface area contributed by atoms with Crippen LogP contribution in [0.5, 0.6) is 0 Å². The Bertz CT molecular complexity index is 799. The van der Waals surface area contributed by atoms with Crippen LogP contribution in [0.2, 0.25) is 0 Å². The van der Waals surface area contributed by atoms with Gasteiger partial charge in [0.25, 0.3) is 0 Å². The number of aliphatic hydroxyl groups is 1. The molecule has 0 bridgehead atoms. The van der Waals surface area contributed by atoms with Crippen molar-refractivity contribution in [2.45, 2.75) is 27.0 Å². The van der Waals surface area contributed by atoms with Gasteiger partial charge in [0, 0.05) is 5.56 Å². The predicted molar refractivity (Wildman–Crippen MR) is 86.4 cm³/mol. The van der Waals surface area contributed by atoms with E-state index in [9.17, 15) is 5.11 Å². The number of aryl methyl sites for hydroxylation is 2. The summed E-state index contributed by atoms with van der Waals surface area (Å²) in [6.07, 6.45) is 3.89. The summed E-state index contributed by atoms with van der Waals surface area (Å²) in [6, 6.07) is 9.95. The normalized spacial score (nSPS) is 11.4. The van der Waals surface area contributed by atoms with Crippen LogP contribution in [0.4, 0.5) is 0 Å². The fourth-order valence-corrected chi connectivity index (χ4v) is 2.38. The van der Waals surface area contributed by atoms with Gasteiger partial charge in [-0.1, -0.05) is 46.8 Å². The zero-order chi connectivity index (χ0) is 16.2. The molecule has 0 aliphatic rings. The second-order valence-electron chi connectivity index (χ2n) is 5.28. The van der Waals surface area contributed by atoms with E-state index in [1.165, 1.54) is 0 Å². The number of rotatable bonds is 5. The molecule has 2 heterocycles. The van der Waals surface area contributed by atoms with Gasteiger partial charge in [0.1, 0.15) is 11.5 Å². The summed E-state index contributed by atoms with van der Waals surface area (Å²) in [5.41, 5.74) is 4.21. The molecule has 6 nitrogen and oxygen atoms in total. The zero-order valence-corrected chi connectivity index (χ0v) is 13.1. The van der Waals surface area contributed by atoms with Crippen molar-refractivity contribution in [1.29, 1.82) is 0 Å². The van der Waals surface area contributed by atoms with Crippen LogP contribution < -0.4 is 0 Å². The Kier molecular flexibility index (Phi) is 4.34. The van der Waals surface area contributed by atoms with Gasteiger partial charge in [-0.2, -0.15) is 0 Å². The van der Waals surface area contributed by atoms with E-state index in [2.05, 4.69) is 15.5 Å². The van der Waals surface area contributed by atoms with Gasteiger partial charge in [-0.05, 0) is 25.5 Å². The first-order valence-electron chi connectivity index (χ1n) is 7.37. The lowest BCUT2D eigenvalue weighted by Crippen LogP contribution is -2.06. The van der Waals surface area contributed by atoms with Crippen LogP contribution in [0.1, 0.15) is 34.0 Å². The first-order chi connectivity index (χ1) is 11.2. The highest BCUT2D eigenvalue weighted by molar-refractivity contribution is 5.68. The molecule has 0 saturated carbocycles. The first kappa shape index (κ1) is 15.2. The average Bonchev–Trinajstić information content (AvgIpc) is 3.11. The van der Waals surface area contributed by atoms with E-state index in [0.717, 1.165) is 28.3 Å². The third-order valence-corrected chi connectivity index (χ3v) is 3.72. The molecular weight excluding hydrogens is 292 g/mol. The number of aromatic nitrogens is 4. The topological polar surface area (TPSA) is 77.0 Å². The Morgan fingerprint density at radius 2 is 1.96 bits per heavy atom. The summed E-state index contributed by atoms with van der Waals surface area (Å²) in [5, 5.41) is 21.6. The predicted octanol–water partition coefficient (Wildman–Crippen LogP) is 2.59. The minimum atomic E-state index is -0.157. The largest absolute Gasteiger partial charge is 0.390 e. The SMILES string of the molecule is Cc1noc(C)c1Cn1nnc(CO)c1/C=C/c1ccccc1. The van der Waals surface area contributed by atoms with Crippen LogP contribution in [0.3, 0.4) is 0 Å². The van der Waals surface area contributed by atoms with E-state index in [-0.39, 0.29) is 6.61 Å². The third-order valence-electron chi connectivity index (χ3n) is 3.72. The molecule has 2 aromatic heterocycles. The lowest BCUT2D eigenvalue weighted by Gasteiger charge is -2.04. The van der Waals surface area contributed by atoms with Crippen molar-refractivity contribution < 1.29 is 9.63 Å². The molecule has 0 amide bonds. The lowest BCUT2D eigenvalue weighted by molar-refractivity contribution is 0.276. The molecule has 3 rings (SSSR count). The highest BCUT2D eigenvalue weighted by Crippen LogP contribution is 2.17. The van der Waals surface area contributed by atoms with Crippen LogP contribution in [0.15, 0.2) is 34.9 Å². The molecule has 0 saturated heterocycles. The quantitative estimate of drug-likeness (QED) is 0.784. The van der Waals surface area contributed by atoms with Gasteiger partial charge in [0.15, 0.2) is 0 Å². The van der Waals surface area contributed by atoms with E-state index >= 15 is 0 Å². The maximum Gasteiger partial charge on any atom is 0.138 e. The molecule has 118 valence electrons. The van der Waals surface area contributed by atoms with Crippen molar-refractivity contribution in [3.8, 4) is 0 Å². The summed E-state index contributed by atoms with van der Waals surface area (Å²) < 4.78 is 6.94. The van der Waals surface area contributed by atoms with Crippen molar-refractivity contribution in [3.05, 3.63) is 64.3 Å². The standard InChI is InChI=1S/C17H18N4O2/c1-12-15(13(2)23-19-12)10-21-17(16(11-22)18-20-21)9-8-14-6-4-3-5-7-14/h3-9,22H,10-11H2,1-2H3/b9-8+. The Morgan fingerprint density at radius 3 is 2.61 bits per heavy atom. The van der Waals surface area contributed by atoms with Crippen LogP contribution in [0.25, 0.3) is 12.2 Å². The van der Waals surface area contributed by atoms with E-state index in [0.29, 0.717) is 12.2 Å². The Hall–Kier alpha value is -2.73. The van der Waals surface area contributed by atoms with Gasteiger partial charge in [-0.15, -0.1) is 5.10 Å². The molecule has 3 aromatic rings. The average molecular weight is 310 g/mol. The number of hydrogen-bond donors (Lipinski definition) is 1. The van der Waals surface area contributed by atoms with Crippen LogP contribution in [-0.4, -0.2) is 25.3 Å². The third kappa shape index (κ3) is 3.22. The van der Waals surface area contributed by atoms with Crippen LogP contribution >= 0.6 is 0 Å². The molecule has 0 spiro atoms. The molecule has 1 N–H and O–H groups in total. The van der Waals surface area contributed by atoms with Crippen LogP contribution in [-0.2, 0) is 13.2 Å². The Labute approximate surface area is 134 Å². The highest BCUT2D eigenvalue weighted by atomic mass is 16.5. The van der Waals surface area contributed by atoms with Gasteiger partial charge < -0.3 is 9.63 Å². The minimum absolute atomic E-state index is 0.157. The summed E-state index contributed by atoms with van der Waals surface area (Å²) in [7, 11) is 0. The number of benzene rings is 1. The van der Waals surface area contributed by atoms with Gasteiger partial charge in [-0.3, -0.25) is 0 Å². The van der Waals surface area contributed by atoms with E-state index < -0.39 is 0 Å². The molecule has 6 heteroatoms. The number of aliphatic hydroxyl groups excluding tert-OH is 1. The van der Waals surface area contributed by atoms with Gasteiger partial charge >= 0.3 is 0 Å². The summed E-state index contributed by atoms with van der Waals surface area (Å²) >= 11 is 0. The second-order valence-corrected chi connectivity index (χ2v) is 5.28. The van der Waals surface area contributed by atoms with E-state index in [4.69, 9.17) is 4.52 Å². The molecule has 0 aliphatic carbocycles. The molecule has 23 heavy (non-hydrogen) atoms. The van der Waals surface area contributed by atoms with E-state index in [1.807, 2.05) is 56.3 Å². The maximum absolute atomic E-state index is 9.48. The first-order valence-corrected chi connectivity index (χ1v) is 7.37. The molecule has 0 atom stereocenters. The van der Waals surface area contributed by atoms with Gasteiger partial charge in [-0.25, -0.2) is 4.68 Å². The van der Waals surface area contributed by atoms with Crippen molar-refractivity contribution >= 4 is 12.2 Å². The Morgan fingerprint density at radius 1 is 1.17 bits per heavy atom. The molecule has 0 fully saturated rings. The summed E-state index contributed by atoms with van der Waals surface area (Å²) in [5.74, 6) is 0.765. The molecular formula is C17H18N4O2.